The summed E-state index contributed by atoms with van der Waals surface area (Å²) in [5, 5.41) is 2.87. The number of carbonyl (C=O) groups excluding carboxylic acids is 1. The van der Waals surface area contributed by atoms with Gasteiger partial charge in [-0.3, -0.25) is 4.79 Å². The maximum atomic E-state index is 13.0. The van der Waals surface area contributed by atoms with E-state index < -0.39 is 15.9 Å². The zero-order valence-electron chi connectivity index (χ0n) is 16.9. The summed E-state index contributed by atoms with van der Waals surface area (Å²) in [6.07, 6.45) is 2.92. The second kappa shape index (κ2) is 9.77. The fraction of sp³-hybridized carbons (Fsp3) is 0.318. The highest BCUT2D eigenvalue weighted by molar-refractivity contribution is 7.89. The molecule has 1 amide bonds. The van der Waals surface area contributed by atoms with E-state index in [4.69, 9.17) is 9.47 Å². The topological polar surface area (TPSA) is 84.9 Å². The molecule has 0 unspecified atom stereocenters. The summed E-state index contributed by atoms with van der Waals surface area (Å²) in [7, 11) is -2.14. The molecule has 0 bridgehead atoms. The van der Waals surface area contributed by atoms with Crippen molar-refractivity contribution in [1.82, 2.24) is 4.31 Å². The molecule has 0 radical (unpaired) electrons. The summed E-state index contributed by atoms with van der Waals surface area (Å²) in [4.78, 5) is 12.9. The average molecular weight is 431 g/mol. The molecule has 0 aliphatic carbocycles. The van der Waals surface area contributed by atoms with E-state index in [-0.39, 0.29) is 17.3 Å². The Morgan fingerprint density at radius 2 is 1.83 bits per heavy atom. The van der Waals surface area contributed by atoms with Crippen LogP contribution in [0.5, 0.6) is 11.5 Å². The Hall–Kier alpha value is -2.84. The molecular weight excluding hydrogens is 404 g/mol. The van der Waals surface area contributed by atoms with Gasteiger partial charge in [-0.15, -0.1) is 0 Å². The first-order valence-corrected chi connectivity index (χ1v) is 11.2. The summed E-state index contributed by atoms with van der Waals surface area (Å²) in [5.41, 5.74) is 0.640. The second-order valence-electron chi connectivity index (χ2n) is 6.99. The largest absolute Gasteiger partial charge is 0.497 e. The Labute approximate surface area is 177 Å². The highest BCUT2D eigenvalue weighted by Crippen LogP contribution is 2.26. The van der Waals surface area contributed by atoms with Gasteiger partial charge in [0, 0.05) is 18.8 Å². The minimum Gasteiger partial charge on any atom is -0.497 e. The van der Waals surface area contributed by atoms with Gasteiger partial charge in [-0.2, -0.15) is 4.31 Å². The van der Waals surface area contributed by atoms with E-state index in [0.717, 1.165) is 0 Å². The van der Waals surface area contributed by atoms with E-state index >= 15 is 0 Å². The molecule has 1 atom stereocenters. The number of hydrogen-bond donors (Lipinski definition) is 1. The highest BCUT2D eigenvalue weighted by Gasteiger charge is 2.33. The first kappa shape index (κ1) is 21.9. The summed E-state index contributed by atoms with van der Waals surface area (Å²) in [5.74, 6) is 0.668. The van der Waals surface area contributed by atoms with Gasteiger partial charge in [-0.25, -0.2) is 8.42 Å². The van der Waals surface area contributed by atoms with Crippen molar-refractivity contribution in [3.8, 4) is 11.5 Å². The van der Waals surface area contributed by atoms with Crippen LogP contribution in [0, 0.1) is 5.92 Å². The van der Waals surface area contributed by atoms with Crippen molar-refractivity contribution in [3.05, 3.63) is 61.2 Å². The van der Waals surface area contributed by atoms with Gasteiger partial charge >= 0.3 is 0 Å². The van der Waals surface area contributed by atoms with Crippen LogP contribution < -0.4 is 14.8 Å². The molecule has 30 heavy (non-hydrogen) atoms. The Bertz CT molecular complexity index is 972. The number of methoxy groups -OCH3 is 1. The molecule has 160 valence electrons. The first-order valence-electron chi connectivity index (χ1n) is 9.73. The smallest absolute Gasteiger partial charge is 0.243 e. The molecule has 1 fully saturated rings. The third-order valence-electron chi connectivity index (χ3n) is 4.94. The van der Waals surface area contributed by atoms with Crippen LogP contribution in [0.15, 0.2) is 66.1 Å². The molecule has 7 nitrogen and oxygen atoms in total. The predicted octanol–water partition coefficient (Wildman–Crippen LogP) is 3.30. The van der Waals surface area contributed by atoms with E-state index in [1.165, 1.54) is 23.5 Å². The van der Waals surface area contributed by atoms with Crippen molar-refractivity contribution >= 4 is 21.6 Å². The molecule has 2 aromatic carbocycles. The van der Waals surface area contributed by atoms with Gasteiger partial charge in [-0.1, -0.05) is 12.7 Å². The summed E-state index contributed by atoms with van der Waals surface area (Å²) < 4.78 is 37.8. The van der Waals surface area contributed by atoms with Crippen LogP contribution in [-0.4, -0.2) is 45.4 Å². The number of anilines is 1. The Morgan fingerprint density at radius 1 is 1.17 bits per heavy atom. The summed E-state index contributed by atoms with van der Waals surface area (Å²) in [6.45, 7) is 4.56. The van der Waals surface area contributed by atoms with Crippen LogP contribution in [0.1, 0.15) is 12.8 Å². The first-order chi connectivity index (χ1) is 14.4. The molecular formula is C22H26N2O5S. The van der Waals surface area contributed by atoms with E-state index in [0.29, 0.717) is 43.2 Å². The van der Waals surface area contributed by atoms with Crippen molar-refractivity contribution in [2.45, 2.75) is 17.7 Å². The number of benzene rings is 2. The number of sulfonamides is 1. The van der Waals surface area contributed by atoms with Crippen LogP contribution in [0.25, 0.3) is 0 Å². The van der Waals surface area contributed by atoms with E-state index in [2.05, 4.69) is 11.9 Å². The van der Waals surface area contributed by atoms with Gasteiger partial charge in [-0.05, 0) is 61.4 Å². The number of nitrogens with one attached hydrogen (secondary N) is 1. The van der Waals surface area contributed by atoms with Gasteiger partial charge in [0.05, 0.1) is 17.9 Å². The lowest BCUT2D eigenvalue weighted by molar-refractivity contribution is -0.120. The predicted molar refractivity (Wildman–Crippen MR) is 115 cm³/mol. The van der Waals surface area contributed by atoms with Crippen LogP contribution >= 0.6 is 0 Å². The zero-order chi connectivity index (χ0) is 21.6. The highest BCUT2D eigenvalue weighted by atomic mass is 32.2. The lowest BCUT2D eigenvalue weighted by atomic mass is 9.99. The quantitative estimate of drug-likeness (QED) is 0.650. The summed E-state index contributed by atoms with van der Waals surface area (Å²) >= 11 is 0. The average Bonchev–Trinajstić information content (AvgIpc) is 2.78. The van der Waals surface area contributed by atoms with Crippen molar-refractivity contribution in [2.24, 2.45) is 5.92 Å². The lowest BCUT2D eigenvalue weighted by Gasteiger charge is -2.31. The molecule has 0 saturated carbocycles. The molecule has 1 N–H and O–H groups in total. The second-order valence-corrected chi connectivity index (χ2v) is 8.93. The molecule has 1 saturated heterocycles. The maximum absolute atomic E-state index is 13.0. The van der Waals surface area contributed by atoms with Crippen LogP contribution in [0.4, 0.5) is 5.69 Å². The van der Waals surface area contributed by atoms with Crippen molar-refractivity contribution in [1.29, 1.82) is 0 Å². The maximum Gasteiger partial charge on any atom is 0.243 e. The van der Waals surface area contributed by atoms with Gasteiger partial charge in [0.25, 0.3) is 0 Å². The van der Waals surface area contributed by atoms with Crippen molar-refractivity contribution in [3.63, 3.8) is 0 Å². The van der Waals surface area contributed by atoms with Gasteiger partial charge in [0.2, 0.25) is 15.9 Å². The minimum absolute atomic E-state index is 0.153. The van der Waals surface area contributed by atoms with E-state index in [9.17, 15) is 13.2 Å². The summed E-state index contributed by atoms with van der Waals surface area (Å²) in [6, 6.07) is 13.3. The van der Waals surface area contributed by atoms with Crippen molar-refractivity contribution < 1.29 is 22.7 Å². The van der Waals surface area contributed by atoms with Crippen LogP contribution in [-0.2, 0) is 14.8 Å². The number of rotatable bonds is 8. The van der Waals surface area contributed by atoms with Crippen LogP contribution in [0.2, 0.25) is 0 Å². The lowest BCUT2D eigenvalue weighted by Crippen LogP contribution is -2.43. The molecule has 0 aromatic heterocycles. The SMILES string of the molecule is C=CCOc1ccc(NC(=O)[C@H]2CCCN(S(=O)(=O)c3ccc(OC)cc3)C2)cc1. The Morgan fingerprint density at radius 3 is 2.47 bits per heavy atom. The van der Waals surface area contributed by atoms with Gasteiger partial charge < -0.3 is 14.8 Å². The fourth-order valence-electron chi connectivity index (χ4n) is 3.31. The van der Waals surface area contributed by atoms with E-state index in [1.54, 1.807) is 42.5 Å². The number of piperidine rings is 1. The molecule has 8 heteroatoms. The Balaban J connectivity index is 1.64. The van der Waals surface area contributed by atoms with Crippen LogP contribution in [0.3, 0.4) is 0 Å². The number of ether oxygens (including phenoxy) is 2. The number of hydrogen-bond acceptors (Lipinski definition) is 5. The number of carbonyl (C=O) groups is 1. The monoisotopic (exact) mass is 430 g/mol. The molecule has 3 rings (SSSR count). The minimum atomic E-state index is -3.67. The molecule has 1 aliphatic rings. The number of amides is 1. The fourth-order valence-corrected chi connectivity index (χ4v) is 4.83. The standard InChI is InChI=1S/C22H26N2O5S/c1-3-15-29-20-8-6-18(7-9-20)23-22(25)17-5-4-14-24(16-17)30(26,27)21-12-10-19(28-2)11-13-21/h3,6-13,17H,1,4-5,14-16H2,2H3,(H,23,25)/t17-/m0/s1. The molecule has 2 aromatic rings. The molecule has 1 heterocycles. The third kappa shape index (κ3) is 5.20. The molecule has 1 aliphatic heterocycles. The third-order valence-corrected chi connectivity index (χ3v) is 6.82. The Kier molecular flexibility index (Phi) is 7.12. The van der Waals surface area contributed by atoms with Gasteiger partial charge in [0.15, 0.2) is 0 Å². The van der Waals surface area contributed by atoms with E-state index in [1.807, 2.05) is 0 Å². The normalized spacial score (nSPS) is 17.2. The zero-order valence-corrected chi connectivity index (χ0v) is 17.7. The molecule has 0 spiro atoms. The van der Waals surface area contributed by atoms with Gasteiger partial charge in [0.1, 0.15) is 18.1 Å². The number of nitrogens with zero attached hydrogens (tertiary/aromatic N) is 1. The van der Waals surface area contributed by atoms with Crippen molar-refractivity contribution in [2.75, 3.05) is 32.1 Å².